The van der Waals surface area contributed by atoms with E-state index in [1.807, 2.05) is 36.5 Å². The lowest BCUT2D eigenvalue weighted by molar-refractivity contribution is 0.471. The highest BCUT2D eigenvalue weighted by Crippen LogP contribution is 2.29. The first-order valence-corrected chi connectivity index (χ1v) is 5.81. The van der Waals surface area contributed by atoms with Crippen LogP contribution in [0.25, 0.3) is 0 Å². The minimum absolute atomic E-state index is 0.139. The third kappa shape index (κ3) is 1.89. The average molecular weight is 226 g/mol. The zero-order valence-corrected chi connectivity index (χ0v) is 9.43. The summed E-state index contributed by atoms with van der Waals surface area (Å²) in [4.78, 5) is 4.40. The van der Waals surface area contributed by atoms with Crippen LogP contribution in [0.4, 0.5) is 0 Å². The average Bonchev–Trinajstić information content (AvgIpc) is 2.39. The normalized spacial score (nSPS) is 18.7. The fourth-order valence-corrected chi connectivity index (χ4v) is 2.36. The first-order chi connectivity index (χ1) is 8.34. The summed E-state index contributed by atoms with van der Waals surface area (Å²) in [6, 6.07) is 11.7. The molecule has 0 bridgehead atoms. The lowest BCUT2D eigenvalue weighted by Gasteiger charge is -2.26. The Morgan fingerprint density at radius 2 is 2.18 bits per heavy atom. The second-order valence-corrected chi connectivity index (χ2v) is 4.27. The molecule has 0 radical (unpaired) electrons. The van der Waals surface area contributed by atoms with Crippen LogP contribution in [0.15, 0.2) is 42.6 Å². The van der Waals surface area contributed by atoms with Gasteiger partial charge in [0.2, 0.25) is 0 Å². The van der Waals surface area contributed by atoms with Gasteiger partial charge in [-0.1, -0.05) is 12.1 Å². The number of nitrogens with zero attached hydrogens (tertiary/aromatic N) is 1. The summed E-state index contributed by atoms with van der Waals surface area (Å²) in [5.41, 5.74) is 3.45. The van der Waals surface area contributed by atoms with Crippen molar-refractivity contribution in [3.63, 3.8) is 0 Å². The molecule has 1 aliphatic rings. The number of rotatable bonds is 1. The van der Waals surface area contributed by atoms with Crippen molar-refractivity contribution in [2.24, 2.45) is 0 Å². The Morgan fingerprint density at radius 1 is 1.24 bits per heavy atom. The molecule has 17 heavy (non-hydrogen) atoms. The lowest BCUT2D eigenvalue weighted by Crippen LogP contribution is -2.31. The Bertz CT molecular complexity index is 525. The summed E-state index contributed by atoms with van der Waals surface area (Å²) in [5.74, 6) is 0.338. The number of phenols is 1. The molecule has 2 aromatic rings. The van der Waals surface area contributed by atoms with Gasteiger partial charge in [0.15, 0.2) is 0 Å². The molecule has 1 atom stereocenters. The smallest absolute Gasteiger partial charge is 0.115 e. The Kier molecular flexibility index (Phi) is 2.53. The molecule has 1 aromatic carbocycles. The third-order valence-corrected chi connectivity index (χ3v) is 3.16. The molecule has 2 N–H and O–H groups in total. The molecular weight excluding hydrogens is 212 g/mol. The van der Waals surface area contributed by atoms with Crippen molar-refractivity contribution in [1.29, 1.82) is 0 Å². The van der Waals surface area contributed by atoms with Crippen molar-refractivity contribution in [3.8, 4) is 5.75 Å². The quantitative estimate of drug-likeness (QED) is 0.782. The molecule has 0 unspecified atom stereocenters. The summed E-state index contributed by atoms with van der Waals surface area (Å²) in [6.45, 7) is 0.914. The van der Waals surface area contributed by atoms with E-state index in [4.69, 9.17) is 0 Å². The van der Waals surface area contributed by atoms with Gasteiger partial charge < -0.3 is 10.4 Å². The maximum atomic E-state index is 9.51. The molecule has 0 saturated carbocycles. The summed E-state index contributed by atoms with van der Waals surface area (Å²) in [5, 5.41) is 13.0. The molecule has 86 valence electrons. The van der Waals surface area contributed by atoms with Crippen LogP contribution in [0.1, 0.15) is 22.9 Å². The first-order valence-electron chi connectivity index (χ1n) is 5.81. The number of hydrogen-bond donors (Lipinski definition) is 2. The number of benzene rings is 1. The van der Waals surface area contributed by atoms with E-state index in [0.29, 0.717) is 5.75 Å². The third-order valence-electron chi connectivity index (χ3n) is 3.16. The Morgan fingerprint density at radius 3 is 3.00 bits per heavy atom. The number of aromatic hydroxyl groups is 1. The second-order valence-electron chi connectivity index (χ2n) is 4.27. The number of nitrogens with one attached hydrogen (secondary N) is 1. The summed E-state index contributed by atoms with van der Waals surface area (Å²) < 4.78 is 0. The van der Waals surface area contributed by atoms with Crippen molar-refractivity contribution in [2.75, 3.05) is 6.54 Å². The van der Waals surface area contributed by atoms with Crippen molar-refractivity contribution in [1.82, 2.24) is 10.3 Å². The zero-order chi connectivity index (χ0) is 11.7. The van der Waals surface area contributed by atoms with Gasteiger partial charge in [-0.2, -0.15) is 0 Å². The number of fused-ring (bicyclic) bond motifs is 1. The van der Waals surface area contributed by atoms with E-state index in [1.165, 1.54) is 11.1 Å². The molecule has 0 spiro atoms. The van der Waals surface area contributed by atoms with Crippen LogP contribution in [0.5, 0.6) is 5.75 Å². The number of hydrogen-bond acceptors (Lipinski definition) is 3. The van der Waals surface area contributed by atoms with Crippen LogP contribution in [-0.4, -0.2) is 16.6 Å². The maximum Gasteiger partial charge on any atom is 0.115 e. The van der Waals surface area contributed by atoms with Gasteiger partial charge in [-0.05, 0) is 41.8 Å². The minimum Gasteiger partial charge on any atom is -0.508 e. The fraction of sp³-hybridized carbons (Fsp3) is 0.214. The predicted octanol–water partition coefficient (Wildman–Crippen LogP) is 2.02. The SMILES string of the molecule is Oc1ccc2c(c1)CCN[C@H]2c1ccccn1. The van der Waals surface area contributed by atoms with Crippen LogP contribution in [0.2, 0.25) is 0 Å². The van der Waals surface area contributed by atoms with Crippen LogP contribution in [0, 0.1) is 0 Å². The van der Waals surface area contributed by atoms with Gasteiger partial charge in [-0.25, -0.2) is 0 Å². The van der Waals surface area contributed by atoms with Crippen molar-refractivity contribution < 1.29 is 5.11 Å². The standard InChI is InChI=1S/C14H14N2O/c17-11-4-5-12-10(9-11)6-8-16-14(12)13-3-1-2-7-15-13/h1-5,7,9,14,16-17H,6,8H2/t14-/m1/s1. The largest absolute Gasteiger partial charge is 0.508 e. The van der Waals surface area contributed by atoms with Crippen LogP contribution >= 0.6 is 0 Å². The zero-order valence-electron chi connectivity index (χ0n) is 9.43. The van der Waals surface area contributed by atoms with Gasteiger partial charge in [0.05, 0.1) is 11.7 Å². The van der Waals surface area contributed by atoms with Gasteiger partial charge in [0.25, 0.3) is 0 Å². The Labute approximate surface area is 100 Å². The molecule has 1 aliphatic heterocycles. The fourth-order valence-electron chi connectivity index (χ4n) is 2.36. The van der Waals surface area contributed by atoms with Crippen LogP contribution in [0.3, 0.4) is 0 Å². The maximum absolute atomic E-state index is 9.51. The molecule has 2 heterocycles. The van der Waals surface area contributed by atoms with E-state index in [1.54, 1.807) is 6.07 Å². The van der Waals surface area contributed by atoms with E-state index in [0.717, 1.165) is 18.7 Å². The molecule has 3 rings (SSSR count). The molecule has 0 amide bonds. The molecule has 1 aromatic heterocycles. The van der Waals surface area contributed by atoms with Crippen LogP contribution < -0.4 is 5.32 Å². The van der Waals surface area contributed by atoms with Gasteiger partial charge in [0.1, 0.15) is 5.75 Å². The molecule has 0 saturated heterocycles. The summed E-state index contributed by atoms with van der Waals surface area (Å²) in [7, 11) is 0. The van der Waals surface area contributed by atoms with Crippen LogP contribution in [-0.2, 0) is 6.42 Å². The first kappa shape index (κ1) is 10.3. The number of aromatic nitrogens is 1. The topological polar surface area (TPSA) is 45.1 Å². The molecule has 0 fully saturated rings. The van der Waals surface area contributed by atoms with E-state index in [9.17, 15) is 5.11 Å². The number of pyridine rings is 1. The Balaban J connectivity index is 2.06. The monoisotopic (exact) mass is 226 g/mol. The summed E-state index contributed by atoms with van der Waals surface area (Å²) >= 11 is 0. The summed E-state index contributed by atoms with van der Waals surface area (Å²) in [6.07, 6.45) is 2.76. The van der Waals surface area contributed by atoms with E-state index in [2.05, 4.69) is 10.3 Å². The van der Waals surface area contributed by atoms with E-state index in [-0.39, 0.29) is 6.04 Å². The highest BCUT2D eigenvalue weighted by molar-refractivity contribution is 5.41. The van der Waals surface area contributed by atoms with Gasteiger partial charge in [0, 0.05) is 12.7 Å². The van der Waals surface area contributed by atoms with Crippen molar-refractivity contribution >= 4 is 0 Å². The predicted molar refractivity (Wildman–Crippen MR) is 65.9 cm³/mol. The van der Waals surface area contributed by atoms with E-state index >= 15 is 0 Å². The van der Waals surface area contributed by atoms with Crippen molar-refractivity contribution in [2.45, 2.75) is 12.5 Å². The van der Waals surface area contributed by atoms with Gasteiger partial charge >= 0.3 is 0 Å². The highest BCUT2D eigenvalue weighted by atomic mass is 16.3. The molecule has 0 aliphatic carbocycles. The van der Waals surface area contributed by atoms with E-state index < -0.39 is 0 Å². The van der Waals surface area contributed by atoms with Crippen molar-refractivity contribution in [3.05, 3.63) is 59.4 Å². The molecule has 3 heteroatoms. The van der Waals surface area contributed by atoms with Gasteiger partial charge in [-0.15, -0.1) is 0 Å². The highest BCUT2D eigenvalue weighted by Gasteiger charge is 2.21. The lowest BCUT2D eigenvalue weighted by atomic mass is 9.92. The van der Waals surface area contributed by atoms with Gasteiger partial charge in [-0.3, -0.25) is 4.98 Å². The molecular formula is C14H14N2O. The second kappa shape index (κ2) is 4.18. The molecule has 3 nitrogen and oxygen atoms in total. The number of phenolic OH excluding ortho intramolecular Hbond substituents is 1. The Hall–Kier alpha value is -1.87. The minimum atomic E-state index is 0.139.